The Morgan fingerprint density at radius 3 is 2.65 bits per heavy atom. The van der Waals surface area contributed by atoms with E-state index >= 15 is 0 Å². The zero-order valence-electron chi connectivity index (χ0n) is 11.9. The fourth-order valence-corrected chi connectivity index (χ4v) is 2.51. The number of alkyl halides is 3. The van der Waals surface area contributed by atoms with E-state index in [0.717, 1.165) is 0 Å². The minimum atomic E-state index is -4.21. The molecule has 0 amide bonds. The summed E-state index contributed by atoms with van der Waals surface area (Å²) in [5, 5.41) is 3.10. The van der Waals surface area contributed by atoms with E-state index in [2.05, 4.69) is 5.32 Å². The Morgan fingerprint density at radius 1 is 1.40 bits per heavy atom. The standard InChI is InChI=1S/C13H22F3NO3/c1-3-17-12(11(18)19-4-2)6-5-10(9-12)20-8-7-13(14,15)16/h10,17H,3-9H2,1-2H3. The second-order valence-electron chi connectivity index (χ2n) is 4.93. The van der Waals surface area contributed by atoms with Gasteiger partial charge in [-0.2, -0.15) is 13.2 Å². The number of esters is 1. The van der Waals surface area contributed by atoms with E-state index in [4.69, 9.17) is 9.47 Å². The number of rotatable bonds is 7. The van der Waals surface area contributed by atoms with Crippen molar-refractivity contribution in [1.29, 1.82) is 0 Å². The third-order valence-corrected chi connectivity index (χ3v) is 3.39. The highest BCUT2D eigenvalue weighted by atomic mass is 19.4. The Morgan fingerprint density at radius 2 is 2.10 bits per heavy atom. The molecule has 1 N–H and O–H groups in total. The van der Waals surface area contributed by atoms with Crippen molar-refractivity contribution in [1.82, 2.24) is 5.32 Å². The van der Waals surface area contributed by atoms with Crippen molar-refractivity contribution >= 4 is 5.97 Å². The normalized spacial score (nSPS) is 26.8. The predicted molar refractivity (Wildman–Crippen MR) is 67.3 cm³/mol. The SMILES string of the molecule is CCNC1(C(=O)OCC)CCC(OCCC(F)(F)F)C1. The van der Waals surface area contributed by atoms with E-state index in [1.807, 2.05) is 6.92 Å². The van der Waals surface area contributed by atoms with Crippen LogP contribution in [-0.2, 0) is 14.3 Å². The van der Waals surface area contributed by atoms with E-state index in [0.29, 0.717) is 25.8 Å². The van der Waals surface area contributed by atoms with Crippen molar-refractivity contribution in [2.75, 3.05) is 19.8 Å². The molecular formula is C13H22F3NO3. The van der Waals surface area contributed by atoms with Gasteiger partial charge >= 0.3 is 12.1 Å². The summed E-state index contributed by atoms with van der Waals surface area (Å²) in [5.74, 6) is -0.344. The monoisotopic (exact) mass is 297 g/mol. The molecule has 0 aromatic heterocycles. The highest BCUT2D eigenvalue weighted by Crippen LogP contribution is 2.33. The van der Waals surface area contributed by atoms with Crippen LogP contribution < -0.4 is 5.32 Å². The average molecular weight is 297 g/mol. The van der Waals surface area contributed by atoms with Gasteiger partial charge in [0.1, 0.15) is 5.54 Å². The van der Waals surface area contributed by atoms with Gasteiger partial charge in [-0.1, -0.05) is 6.92 Å². The lowest BCUT2D eigenvalue weighted by molar-refractivity contribution is -0.154. The molecule has 1 rings (SSSR count). The summed E-state index contributed by atoms with van der Waals surface area (Å²) >= 11 is 0. The molecule has 1 fully saturated rings. The molecule has 2 atom stereocenters. The van der Waals surface area contributed by atoms with E-state index in [9.17, 15) is 18.0 Å². The zero-order chi connectivity index (χ0) is 15.2. The van der Waals surface area contributed by atoms with Crippen LogP contribution in [0.5, 0.6) is 0 Å². The van der Waals surface area contributed by atoms with Crippen molar-refractivity contribution in [3.05, 3.63) is 0 Å². The smallest absolute Gasteiger partial charge is 0.391 e. The fourth-order valence-electron chi connectivity index (χ4n) is 2.51. The Kier molecular flexibility index (Phi) is 6.26. The molecule has 0 radical (unpaired) electrons. The first-order chi connectivity index (χ1) is 9.33. The number of likely N-dealkylation sites (N-methyl/N-ethyl adjacent to an activating group) is 1. The molecular weight excluding hydrogens is 275 g/mol. The quantitative estimate of drug-likeness (QED) is 0.733. The lowest BCUT2D eigenvalue weighted by atomic mass is 9.97. The number of halogens is 3. The Labute approximate surface area is 117 Å². The van der Waals surface area contributed by atoms with Crippen LogP contribution >= 0.6 is 0 Å². The summed E-state index contributed by atoms with van der Waals surface area (Å²) in [4.78, 5) is 12.0. The Balaban J connectivity index is 2.50. The van der Waals surface area contributed by atoms with Crippen molar-refractivity contribution in [3.63, 3.8) is 0 Å². The van der Waals surface area contributed by atoms with Crippen molar-refractivity contribution < 1.29 is 27.4 Å². The van der Waals surface area contributed by atoms with Gasteiger partial charge in [0, 0.05) is 6.42 Å². The van der Waals surface area contributed by atoms with Crippen LogP contribution in [0.4, 0.5) is 13.2 Å². The number of carbonyl (C=O) groups is 1. The fraction of sp³-hybridized carbons (Fsp3) is 0.923. The van der Waals surface area contributed by atoms with Gasteiger partial charge in [-0.15, -0.1) is 0 Å². The Bertz CT molecular complexity index is 322. The van der Waals surface area contributed by atoms with Crippen LogP contribution in [-0.4, -0.2) is 43.5 Å². The molecule has 1 aliphatic carbocycles. The highest BCUT2D eigenvalue weighted by molar-refractivity contribution is 5.81. The van der Waals surface area contributed by atoms with E-state index in [1.165, 1.54) is 0 Å². The molecule has 0 aromatic rings. The molecule has 0 heterocycles. The van der Waals surface area contributed by atoms with E-state index in [-0.39, 0.29) is 25.3 Å². The van der Waals surface area contributed by atoms with Crippen LogP contribution in [0.1, 0.15) is 39.5 Å². The topological polar surface area (TPSA) is 47.6 Å². The number of hydrogen-bond acceptors (Lipinski definition) is 4. The van der Waals surface area contributed by atoms with Crippen LogP contribution in [0.2, 0.25) is 0 Å². The zero-order valence-corrected chi connectivity index (χ0v) is 11.9. The largest absolute Gasteiger partial charge is 0.465 e. The molecule has 2 unspecified atom stereocenters. The van der Waals surface area contributed by atoms with Crippen LogP contribution in [0.15, 0.2) is 0 Å². The number of hydrogen-bond donors (Lipinski definition) is 1. The van der Waals surface area contributed by atoms with Crippen molar-refractivity contribution in [2.24, 2.45) is 0 Å². The third kappa shape index (κ3) is 4.94. The minimum absolute atomic E-state index is 0.283. The summed E-state index contributed by atoms with van der Waals surface area (Å²) < 4.78 is 46.5. The van der Waals surface area contributed by atoms with Crippen molar-refractivity contribution in [2.45, 2.75) is 57.3 Å². The Hall–Kier alpha value is -0.820. The maximum absolute atomic E-state index is 12.1. The first-order valence-electron chi connectivity index (χ1n) is 6.93. The molecule has 1 saturated carbocycles. The third-order valence-electron chi connectivity index (χ3n) is 3.39. The molecule has 0 spiro atoms. The summed E-state index contributed by atoms with van der Waals surface area (Å²) in [6.45, 7) is 4.11. The van der Waals surface area contributed by atoms with Gasteiger partial charge < -0.3 is 14.8 Å². The summed E-state index contributed by atoms with van der Waals surface area (Å²) in [7, 11) is 0. The van der Waals surface area contributed by atoms with Gasteiger partial charge in [0.25, 0.3) is 0 Å². The molecule has 0 bridgehead atoms. The first-order valence-corrected chi connectivity index (χ1v) is 6.93. The molecule has 1 aliphatic rings. The van der Waals surface area contributed by atoms with Crippen LogP contribution in [0.25, 0.3) is 0 Å². The molecule has 20 heavy (non-hydrogen) atoms. The summed E-state index contributed by atoms with van der Waals surface area (Å²) in [5.41, 5.74) is -0.812. The molecule has 0 aliphatic heterocycles. The van der Waals surface area contributed by atoms with Gasteiger partial charge in [-0.3, -0.25) is 4.79 Å². The second-order valence-corrected chi connectivity index (χ2v) is 4.93. The van der Waals surface area contributed by atoms with Gasteiger partial charge in [0.15, 0.2) is 0 Å². The van der Waals surface area contributed by atoms with Gasteiger partial charge in [-0.25, -0.2) is 0 Å². The molecule has 7 heteroatoms. The van der Waals surface area contributed by atoms with Crippen LogP contribution in [0.3, 0.4) is 0 Å². The highest BCUT2D eigenvalue weighted by Gasteiger charge is 2.46. The van der Waals surface area contributed by atoms with Crippen LogP contribution in [0, 0.1) is 0 Å². The maximum atomic E-state index is 12.1. The molecule has 4 nitrogen and oxygen atoms in total. The predicted octanol–water partition coefficient (Wildman–Crippen LogP) is 2.42. The molecule has 0 saturated heterocycles. The summed E-state index contributed by atoms with van der Waals surface area (Å²) in [6, 6.07) is 0. The summed E-state index contributed by atoms with van der Waals surface area (Å²) in [6.07, 6.45) is -4.06. The molecule has 0 aromatic carbocycles. The van der Waals surface area contributed by atoms with Gasteiger partial charge in [-0.05, 0) is 26.3 Å². The van der Waals surface area contributed by atoms with E-state index in [1.54, 1.807) is 6.92 Å². The average Bonchev–Trinajstić information content (AvgIpc) is 2.73. The van der Waals surface area contributed by atoms with Crippen molar-refractivity contribution in [3.8, 4) is 0 Å². The van der Waals surface area contributed by atoms with E-state index < -0.39 is 18.1 Å². The minimum Gasteiger partial charge on any atom is -0.465 e. The van der Waals surface area contributed by atoms with Gasteiger partial charge in [0.05, 0.1) is 25.7 Å². The second kappa shape index (κ2) is 7.26. The number of ether oxygens (including phenoxy) is 2. The number of carbonyl (C=O) groups excluding carboxylic acids is 1. The lowest BCUT2D eigenvalue weighted by Crippen LogP contribution is -2.51. The lowest BCUT2D eigenvalue weighted by Gasteiger charge is -2.27. The molecule has 118 valence electrons. The number of nitrogens with one attached hydrogen (secondary N) is 1. The first kappa shape index (κ1) is 17.2. The maximum Gasteiger partial charge on any atom is 0.391 e. The van der Waals surface area contributed by atoms with Gasteiger partial charge in [0.2, 0.25) is 0 Å².